The smallest absolute Gasteiger partial charge is 0.343 e. The Morgan fingerprint density at radius 1 is 0.892 bits per heavy atom. The first-order chi connectivity index (χ1) is 17.3. The van der Waals surface area contributed by atoms with E-state index in [0.717, 1.165) is 5.96 Å². The minimum absolute atomic E-state index is 0.227. The molecular formula is C28H41N5O4. The van der Waals surface area contributed by atoms with Gasteiger partial charge in [-0.15, -0.1) is 0 Å². The van der Waals surface area contributed by atoms with E-state index in [1.807, 2.05) is 57.9 Å². The first-order valence-corrected chi connectivity index (χ1v) is 12.2. The number of nitrogens with one attached hydrogen (secondary N) is 1. The second-order valence-electron chi connectivity index (χ2n) is 9.43. The lowest BCUT2D eigenvalue weighted by Gasteiger charge is -2.23. The Hall–Kier alpha value is -3.88. The first-order valence-electron chi connectivity index (χ1n) is 12.2. The van der Waals surface area contributed by atoms with Gasteiger partial charge in [-0.3, -0.25) is 4.79 Å². The second kappa shape index (κ2) is 15.3. The van der Waals surface area contributed by atoms with Gasteiger partial charge in [0.15, 0.2) is 0 Å². The molecule has 0 fully saturated rings. The van der Waals surface area contributed by atoms with Crippen LogP contribution in [0.2, 0.25) is 0 Å². The monoisotopic (exact) mass is 511 g/mol. The zero-order chi connectivity index (χ0) is 28.1. The summed E-state index contributed by atoms with van der Waals surface area (Å²) in [4.78, 5) is 35.8. The summed E-state index contributed by atoms with van der Waals surface area (Å²) < 4.78 is 5.24. The molecule has 0 spiro atoms. The molecule has 0 heterocycles. The molecule has 9 nitrogen and oxygen atoms in total. The van der Waals surface area contributed by atoms with Crippen molar-refractivity contribution in [3.8, 4) is 5.75 Å². The number of hydrogen-bond acceptors (Lipinski definition) is 4. The number of aliphatic carboxylic acids is 1. The summed E-state index contributed by atoms with van der Waals surface area (Å²) in [6, 6.07) is 15.7. The molecule has 0 radical (unpaired) electrons. The van der Waals surface area contributed by atoms with Crippen molar-refractivity contribution >= 4 is 23.9 Å². The van der Waals surface area contributed by atoms with E-state index in [-0.39, 0.29) is 6.04 Å². The number of carboxylic acids is 1. The summed E-state index contributed by atoms with van der Waals surface area (Å²) in [6.07, 6.45) is 0. The number of ether oxygens (including phenoxy) is 1. The van der Waals surface area contributed by atoms with Crippen LogP contribution in [0.25, 0.3) is 0 Å². The van der Waals surface area contributed by atoms with Crippen molar-refractivity contribution in [2.24, 2.45) is 9.98 Å². The molecule has 0 bridgehead atoms. The van der Waals surface area contributed by atoms with Gasteiger partial charge in [0, 0.05) is 40.3 Å². The Balaban J connectivity index is 0.000000377. The maximum atomic E-state index is 11.9. The van der Waals surface area contributed by atoms with Crippen LogP contribution in [-0.4, -0.2) is 79.0 Å². The Morgan fingerprint density at radius 3 is 1.97 bits per heavy atom. The van der Waals surface area contributed by atoms with Crippen LogP contribution in [0, 0.1) is 0 Å². The molecule has 202 valence electrons. The predicted molar refractivity (Wildman–Crippen MR) is 150 cm³/mol. The van der Waals surface area contributed by atoms with Crippen LogP contribution in [0.15, 0.2) is 64.6 Å². The van der Waals surface area contributed by atoms with Crippen LogP contribution >= 0.6 is 0 Å². The largest absolute Gasteiger partial charge is 0.481 e. The van der Waals surface area contributed by atoms with Gasteiger partial charge in [-0.25, -0.2) is 9.79 Å². The highest BCUT2D eigenvalue weighted by Crippen LogP contribution is 2.21. The summed E-state index contributed by atoms with van der Waals surface area (Å²) in [5, 5.41) is 12.2. The van der Waals surface area contributed by atoms with Gasteiger partial charge in [-0.05, 0) is 64.4 Å². The third-order valence-corrected chi connectivity index (χ3v) is 4.75. The van der Waals surface area contributed by atoms with E-state index in [1.54, 1.807) is 55.5 Å². The fourth-order valence-corrected chi connectivity index (χ4v) is 3.03. The summed E-state index contributed by atoms with van der Waals surface area (Å²) >= 11 is 0. The van der Waals surface area contributed by atoms with Crippen molar-refractivity contribution in [3.05, 3.63) is 65.7 Å². The molecule has 37 heavy (non-hydrogen) atoms. The van der Waals surface area contributed by atoms with E-state index in [9.17, 15) is 9.59 Å². The number of aliphatic imine (C=N–C) groups is 2. The zero-order valence-corrected chi connectivity index (χ0v) is 23.4. The molecule has 0 aliphatic heterocycles. The molecule has 2 aromatic carbocycles. The van der Waals surface area contributed by atoms with Crippen molar-refractivity contribution in [2.45, 2.75) is 52.6 Å². The van der Waals surface area contributed by atoms with Crippen LogP contribution < -0.4 is 10.1 Å². The van der Waals surface area contributed by atoms with Crippen molar-refractivity contribution in [2.75, 3.05) is 28.2 Å². The third-order valence-electron chi connectivity index (χ3n) is 4.75. The van der Waals surface area contributed by atoms with E-state index in [4.69, 9.17) is 9.84 Å². The minimum Gasteiger partial charge on any atom is -0.481 e. The Labute approximate surface area is 220 Å². The molecule has 1 atom stereocenters. The predicted octanol–water partition coefficient (Wildman–Crippen LogP) is 4.32. The van der Waals surface area contributed by atoms with Crippen molar-refractivity contribution in [1.29, 1.82) is 0 Å². The van der Waals surface area contributed by atoms with Crippen molar-refractivity contribution in [3.63, 3.8) is 0 Å². The highest BCUT2D eigenvalue weighted by Gasteiger charge is 2.15. The van der Waals surface area contributed by atoms with Gasteiger partial charge in [-0.1, -0.05) is 30.3 Å². The van der Waals surface area contributed by atoms with Crippen LogP contribution in [0.4, 0.5) is 0 Å². The summed E-state index contributed by atoms with van der Waals surface area (Å²) in [6.45, 7) is 9.83. The summed E-state index contributed by atoms with van der Waals surface area (Å²) in [5.41, 5.74) is 1.04. The van der Waals surface area contributed by atoms with Gasteiger partial charge in [0.05, 0.1) is 11.5 Å². The second-order valence-corrected chi connectivity index (χ2v) is 9.43. The summed E-state index contributed by atoms with van der Waals surface area (Å²) in [7, 11) is 7.89. The van der Waals surface area contributed by atoms with Crippen molar-refractivity contribution < 1.29 is 19.4 Å². The van der Waals surface area contributed by atoms with E-state index in [2.05, 4.69) is 29.1 Å². The van der Waals surface area contributed by atoms with E-state index >= 15 is 0 Å². The number of guanidine groups is 2. The lowest BCUT2D eigenvalue weighted by Crippen LogP contribution is -2.39. The van der Waals surface area contributed by atoms with Gasteiger partial charge in [0.1, 0.15) is 5.75 Å². The number of hydrogen-bond donors (Lipinski definition) is 2. The molecule has 2 rings (SSSR count). The standard InChI is InChI=1S/C16H14O4.C12H27N5/c1-11(15(17)18)13-8-5-9-14(10-13)20-16(19)12-6-3-2-4-7-12;1-9(2)13-11(14-10(3)4)15-12(16(5)6)17(7)8/h2-11H,1H3,(H,17,18);9-10H,1-8H3,(H,13,14). The fourth-order valence-electron chi connectivity index (χ4n) is 3.03. The van der Waals surface area contributed by atoms with Gasteiger partial charge in [-0.2, -0.15) is 4.99 Å². The topological polar surface area (TPSA) is 107 Å². The summed E-state index contributed by atoms with van der Waals surface area (Å²) in [5.74, 6) is -0.137. The molecule has 0 saturated heterocycles. The van der Waals surface area contributed by atoms with E-state index in [0.29, 0.717) is 28.9 Å². The number of rotatable bonds is 6. The van der Waals surface area contributed by atoms with Crippen molar-refractivity contribution in [1.82, 2.24) is 15.1 Å². The van der Waals surface area contributed by atoms with E-state index < -0.39 is 17.9 Å². The van der Waals surface area contributed by atoms with Gasteiger partial charge in [0.2, 0.25) is 11.9 Å². The number of benzene rings is 2. The lowest BCUT2D eigenvalue weighted by atomic mass is 10.0. The third kappa shape index (κ3) is 11.6. The number of carboxylic acid groups (broad SMARTS) is 1. The van der Waals surface area contributed by atoms with E-state index in [1.165, 1.54) is 0 Å². The van der Waals surface area contributed by atoms with Crippen LogP contribution in [0.5, 0.6) is 5.75 Å². The number of esters is 1. The van der Waals surface area contributed by atoms with Crippen LogP contribution in [-0.2, 0) is 4.79 Å². The maximum Gasteiger partial charge on any atom is 0.343 e. The maximum absolute atomic E-state index is 11.9. The molecule has 0 aliphatic rings. The van der Waals surface area contributed by atoms with Gasteiger partial charge in [0.25, 0.3) is 0 Å². The first kappa shape index (κ1) is 31.2. The Morgan fingerprint density at radius 2 is 1.49 bits per heavy atom. The van der Waals surface area contributed by atoms with Gasteiger partial charge >= 0.3 is 11.9 Å². The molecule has 2 N–H and O–H groups in total. The quantitative estimate of drug-likeness (QED) is 0.257. The average molecular weight is 512 g/mol. The average Bonchev–Trinajstić information content (AvgIpc) is 2.81. The molecule has 1 unspecified atom stereocenters. The number of carbonyl (C=O) groups is 2. The Bertz CT molecular complexity index is 1050. The molecule has 2 aromatic rings. The van der Waals surface area contributed by atoms with Crippen LogP contribution in [0.1, 0.15) is 56.5 Å². The number of nitrogens with zero attached hydrogens (tertiary/aromatic N) is 4. The highest BCUT2D eigenvalue weighted by molar-refractivity contribution is 5.94. The minimum atomic E-state index is -0.920. The van der Waals surface area contributed by atoms with Gasteiger partial charge < -0.3 is 25.0 Å². The highest BCUT2D eigenvalue weighted by atomic mass is 16.5. The molecule has 9 heteroatoms. The molecule has 0 saturated carbocycles. The normalized spacial score (nSPS) is 11.7. The fraction of sp³-hybridized carbons (Fsp3) is 0.429. The molecule has 0 aliphatic carbocycles. The SMILES string of the molecule is CC(C(=O)O)c1cccc(OC(=O)c2ccccc2)c1.CC(C)N=C(N=C(N(C)C)N(C)C)NC(C)C. The number of carbonyl (C=O) groups excluding carboxylic acids is 1. The molecule has 0 amide bonds. The lowest BCUT2D eigenvalue weighted by molar-refractivity contribution is -0.138. The van der Waals surface area contributed by atoms with Crippen LogP contribution in [0.3, 0.4) is 0 Å². The zero-order valence-electron chi connectivity index (χ0n) is 23.4. The Kier molecular flexibility index (Phi) is 12.9. The molecule has 0 aromatic heterocycles. The molecular weight excluding hydrogens is 470 g/mol.